The standard InChI is InChI=1S/C12H13IN4/c1-17(2)11-6-4-3-5-10(11)16-12-14-7-9(13)8-15-12/h3-8H,1-2H3,(H,14,15,16). The molecule has 0 bridgehead atoms. The van der Waals surface area contributed by atoms with E-state index in [4.69, 9.17) is 0 Å². The number of halogens is 1. The fourth-order valence-corrected chi connectivity index (χ4v) is 1.75. The molecule has 0 aliphatic rings. The Labute approximate surface area is 114 Å². The SMILES string of the molecule is CN(C)c1ccccc1Nc1ncc(I)cn1. The molecular formula is C12H13IN4. The molecule has 4 nitrogen and oxygen atoms in total. The molecule has 0 aliphatic carbocycles. The first-order valence-corrected chi connectivity index (χ1v) is 6.25. The fraction of sp³-hybridized carbons (Fsp3) is 0.167. The molecular weight excluding hydrogens is 327 g/mol. The molecule has 2 rings (SSSR count). The Morgan fingerprint density at radius 3 is 2.41 bits per heavy atom. The molecule has 5 heteroatoms. The van der Waals surface area contributed by atoms with E-state index in [2.05, 4.69) is 48.8 Å². The van der Waals surface area contributed by atoms with Gasteiger partial charge in [-0.3, -0.25) is 0 Å². The molecule has 0 amide bonds. The Balaban J connectivity index is 2.26. The van der Waals surface area contributed by atoms with Crippen molar-refractivity contribution < 1.29 is 0 Å². The van der Waals surface area contributed by atoms with Crippen molar-refractivity contribution in [2.75, 3.05) is 24.3 Å². The Morgan fingerprint density at radius 1 is 1.12 bits per heavy atom. The molecule has 0 unspecified atom stereocenters. The van der Waals surface area contributed by atoms with Gasteiger partial charge in [-0.15, -0.1) is 0 Å². The summed E-state index contributed by atoms with van der Waals surface area (Å²) in [5.41, 5.74) is 2.10. The van der Waals surface area contributed by atoms with Gasteiger partial charge < -0.3 is 10.2 Å². The van der Waals surface area contributed by atoms with E-state index in [1.165, 1.54) is 0 Å². The number of benzene rings is 1. The lowest BCUT2D eigenvalue weighted by Crippen LogP contribution is -2.11. The van der Waals surface area contributed by atoms with Gasteiger partial charge in [-0.2, -0.15) is 0 Å². The van der Waals surface area contributed by atoms with Crippen molar-refractivity contribution in [3.63, 3.8) is 0 Å². The Bertz CT molecular complexity index is 496. The predicted molar refractivity (Wildman–Crippen MR) is 78.8 cm³/mol. The molecule has 1 aromatic heterocycles. The number of rotatable bonds is 3. The average Bonchev–Trinajstić information content (AvgIpc) is 2.32. The molecule has 2 aromatic rings. The number of para-hydroxylation sites is 2. The highest BCUT2D eigenvalue weighted by atomic mass is 127. The maximum absolute atomic E-state index is 4.23. The maximum atomic E-state index is 4.23. The molecule has 17 heavy (non-hydrogen) atoms. The van der Waals surface area contributed by atoms with Crippen molar-refractivity contribution in [3.8, 4) is 0 Å². The number of nitrogens with zero attached hydrogens (tertiary/aromatic N) is 3. The van der Waals surface area contributed by atoms with Crippen LogP contribution in [-0.4, -0.2) is 24.1 Å². The van der Waals surface area contributed by atoms with Crippen LogP contribution in [0.25, 0.3) is 0 Å². The first-order valence-electron chi connectivity index (χ1n) is 5.18. The van der Waals surface area contributed by atoms with E-state index in [0.29, 0.717) is 5.95 Å². The number of aromatic nitrogens is 2. The van der Waals surface area contributed by atoms with Crippen LogP contribution in [0.3, 0.4) is 0 Å². The van der Waals surface area contributed by atoms with E-state index in [9.17, 15) is 0 Å². The van der Waals surface area contributed by atoms with Gasteiger partial charge in [0, 0.05) is 30.1 Å². The molecule has 0 spiro atoms. The Kier molecular flexibility index (Phi) is 3.78. The summed E-state index contributed by atoms with van der Waals surface area (Å²) in [6.45, 7) is 0. The van der Waals surface area contributed by atoms with Crippen LogP contribution in [0.4, 0.5) is 17.3 Å². The van der Waals surface area contributed by atoms with Crippen molar-refractivity contribution in [2.24, 2.45) is 0 Å². The molecule has 1 aromatic carbocycles. The van der Waals surface area contributed by atoms with E-state index in [1.54, 1.807) is 12.4 Å². The lowest BCUT2D eigenvalue weighted by molar-refractivity contribution is 1.12. The third-order valence-electron chi connectivity index (χ3n) is 2.25. The normalized spacial score (nSPS) is 10.1. The van der Waals surface area contributed by atoms with Crippen LogP contribution in [0.15, 0.2) is 36.7 Å². The van der Waals surface area contributed by atoms with Gasteiger partial charge >= 0.3 is 0 Å². The molecule has 1 heterocycles. The van der Waals surface area contributed by atoms with Gasteiger partial charge in [-0.25, -0.2) is 9.97 Å². The van der Waals surface area contributed by atoms with Crippen molar-refractivity contribution >= 4 is 39.9 Å². The molecule has 0 radical (unpaired) electrons. The van der Waals surface area contributed by atoms with Crippen molar-refractivity contribution in [1.82, 2.24) is 9.97 Å². The number of hydrogen-bond acceptors (Lipinski definition) is 4. The van der Waals surface area contributed by atoms with E-state index < -0.39 is 0 Å². The van der Waals surface area contributed by atoms with Gasteiger partial charge in [0.1, 0.15) is 0 Å². The smallest absolute Gasteiger partial charge is 0.227 e. The quantitative estimate of drug-likeness (QED) is 0.873. The maximum Gasteiger partial charge on any atom is 0.227 e. The zero-order chi connectivity index (χ0) is 12.3. The van der Waals surface area contributed by atoms with Gasteiger partial charge in [-0.05, 0) is 34.7 Å². The summed E-state index contributed by atoms with van der Waals surface area (Å²) >= 11 is 2.18. The molecule has 0 aliphatic heterocycles. The van der Waals surface area contributed by atoms with Gasteiger partial charge in [0.15, 0.2) is 0 Å². The first-order chi connectivity index (χ1) is 8.16. The minimum absolute atomic E-state index is 0.611. The summed E-state index contributed by atoms with van der Waals surface area (Å²) in [5.74, 6) is 0.611. The van der Waals surface area contributed by atoms with Crippen molar-refractivity contribution in [1.29, 1.82) is 0 Å². The molecule has 0 fully saturated rings. The van der Waals surface area contributed by atoms with Gasteiger partial charge in [0.2, 0.25) is 5.95 Å². The second-order valence-corrected chi connectivity index (χ2v) is 5.01. The van der Waals surface area contributed by atoms with Crippen LogP contribution in [0.5, 0.6) is 0 Å². The summed E-state index contributed by atoms with van der Waals surface area (Å²) in [5, 5.41) is 3.21. The van der Waals surface area contributed by atoms with E-state index >= 15 is 0 Å². The monoisotopic (exact) mass is 340 g/mol. The first kappa shape index (κ1) is 12.1. The highest BCUT2D eigenvalue weighted by Crippen LogP contribution is 2.25. The van der Waals surface area contributed by atoms with Crippen LogP contribution >= 0.6 is 22.6 Å². The molecule has 0 saturated heterocycles. The number of nitrogens with one attached hydrogen (secondary N) is 1. The molecule has 0 saturated carbocycles. The lowest BCUT2D eigenvalue weighted by atomic mass is 10.2. The van der Waals surface area contributed by atoms with Crippen LogP contribution in [0, 0.1) is 3.57 Å². The molecule has 88 valence electrons. The minimum atomic E-state index is 0.611. The van der Waals surface area contributed by atoms with Gasteiger partial charge in [0.25, 0.3) is 0 Å². The van der Waals surface area contributed by atoms with Gasteiger partial charge in [0.05, 0.1) is 11.4 Å². The number of anilines is 3. The van der Waals surface area contributed by atoms with Crippen LogP contribution in [-0.2, 0) is 0 Å². The second-order valence-electron chi connectivity index (χ2n) is 3.76. The third kappa shape index (κ3) is 3.06. The average molecular weight is 340 g/mol. The summed E-state index contributed by atoms with van der Waals surface area (Å²) in [6.07, 6.45) is 3.57. The Hall–Kier alpha value is -1.37. The van der Waals surface area contributed by atoms with Crippen molar-refractivity contribution in [3.05, 3.63) is 40.2 Å². The highest BCUT2D eigenvalue weighted by molar-refractivity contribution is 14.1. The largest absolute Gasteiger partial charge is 0.376 e. The molecule has 0 atom stereocenters. The summed E-state index contributed by atoms with van der Waals surface area (Å²) < 4.78 is 1.02. The predicted octanol–water partition coefficient (Wildman–Crippen LogP) is 2.89. The van der Waals surface area contributed by atoms with Gasteiger partial charge in [-0.1, -0.05) is 12.1 Å². The summed E-state index contributed by atoms with van der Waals surface area (Å²) in [4.78, 5) is 10.5. The van der Waals surface area contributed by atoms with E-state index in [-0.39, 0.29) is 0 Å². The Morgan fingerprint density at radius 2 is 1.76 bits per heavy atom. The zero-order valence-electron chi connectivity index (χ0n) is 9.68. The zero-order valence-corrected chi connectivity index (χ0v) is 11.8. The summed E-state index contributed by atoms with van der Waals surface area (Å²) in [6, 6.07) is 8.06. The molecule has 1 N–H and O–H groups in total. The topological polar surface area (TPSA) is 41.0 Å². The van der Waals surface area contributed by atoms with Crippen LogP contribution in [0.1, 0.15) is 0 Å². The highest BCUT2D eigenvalue weighted by Gasteiger charge is 2.04. The van der Waals surface area contributed by atoms with E-state index in [1.807, 2.05) is 32.3 Å². The number of hydrogen-bond donors (Lipinski definition) is 1. The summed E-state index contributed by atoms with van der Waals surface area (Å²) in [7, 11) is 4.02. The lowest BCUT2D eigenvalue weighted by Gasteiger charge is -2.17. The second kappa shape index (κ2) is 5.31. The minimum Gasteiger partial charge on any atom is -0.376 e. The van der Waals surface area contributed by atoms with Crippen LogP contribution < -0.4 is 10.2 Å². The van der Waals surface area contributed by atoms with Crippen LogP contribution in [0.2, 0.25) is 0 Å². The third-order valence-corrected chi connectivity index (χ3v) is 2.81. The van der Waals surface area contributed by atoms with Crippen molar-refractivity contribution in [2.45, 2.75) is 0 Å². The fourth-order valence-electron chi connectivity index (χ4n) is 1.47. The van der Waals surface area contributed by atoms with E-state index in [0.717, 1.165) is 14.9 Å².